The first-order valence-electron chi connectivity index (χ1n) is 10.5. The van der Waals surface area contributed by atoms with Gasteiger partial charge in [-0.1, -0.05) is 6.42 Å². The van der Waals surface area contributed by atoms with Crippen molar-refractivity contribution in [2.45, 2.75) is 57.4 Å². The van der Waals surface area contributed by atoms with E-state index in [0.717, 1.165) is 67.0 Å². The third-order valence-electron chi connectivity index (χ3n) is 5.89. The van der Waals surface area contributed by atoms with Gasteiger partial charge in [0.25, 0.3) is 0 Å². The van der Waals surface area contributed by atoms with Gasteiger partial charge < -0.3 is 13.9 Å². The fraction of sp³-hybridized carbons (Fsp3) is 0.524. The highest BCUT2D eigenvalue weighted by molar-refractivity contribution is 7.13. The van der Waals surface area contributed by atoms with Crippen LogP contribution >= 0.6 is 11.3 Å². The first-order valence-corrected chi connectivity index (χ1v) is 11.3. The lowest BCUT2D eigenvalue weighted by molar-refractivity contribution is -0.131. The molecule has 1 amide bonds. The predicted octanol–water partition coefficient (Wildman–Crippen LogP) is 3.67. The molecule has 7 nitrogen and oxygen atoms in total. The van der Waals surface area contributed by atoms with E-state index in [2.05, 4.69) is 19.7 Å². The van der Waals surface area contributed by atoms with Crippen molar-refractivity contribution in [3.05, 3.63) is 41.1 Å². The molecule has 0 spiro atoms. The molecular weight excluding hydrogens is 386 g/mol. The number of fused-ring (bicyclic) bond motifs is 1. The summed E-state index contributed by atoms with van der Waals surface area (Å²) in [6.45, 7) is 2.55. The summed E-state index contributed by atoms with van der Waals surface area (Å²) in [5, 5.41) is 11.7. The highest BCUT2D eigenvalue weighted by atomic mass is 32.1. The Morgan fingerprint density at radius 2 is 2.17 bits per heavy atom. The molecule has 0 N–H and O–H groups in total. The first kappa shape index (κ1) is 18.5. The van der Waals surface area contributed by atoms with Crippen molar-refractivity contribution < 1.29 is 9.21 Å². The number of piperidine rings is 1. The van der Waals surface area contributed by atoms with Crippen LogP contribution in [0.25, 0.3) is 10.8 Å². The molecule has 0 bridgehead atoms. The number of carbonyl (C=O) groups excluding carboxylic acids is 1. The Bertz CT molecular complexity index is 977. The molecular formula is C21H25N5O2S. The number of likely N-dealkylation sites (tertiary alicyclic amines) is 1. The second-order valence-electron chi connectivity index (χ2n) is 7.91. The van der Waals surface area contributed by atoms with Gasteiger partial charge in [0, 0.05) is 37.4 Å². The smallest absolute Gasteiger partial charge is 0.228 e. The van der Waals surface area contributed by atoms with Gasteiger partial charge in [0.2, 0.25) is 5.91 Å². The maximum atomic E-state index is 12.9. The van der Waals surface area contributed by atoms with E-state index in [9.17, 15) is 4.79 Å². The Labute approximate surface area is 173 Å². The SMILES string of the molecule is O=C(Cc1csc(-c2ccco2)n1)N1CCCC(c2nnc3n2CCCCC3)C1. The molecule has 8 heteroatoms. The lowest BCUT2D eigenvalue weighted by atomic mass is 9.96. The predicted molar refractivity (Wildman–Crippen MR) is 110 cm³/mol. The summed E-state index contributed by atoms with van der Waals surface area (Å²) < 4.78 is 7.72. The van der Waals surface area contributed by atoms with Gasteiger partial charge >= 0.3 is 0 Å². The highest BCUT2D eigenvalue weighted by Gasteiger charge is 2.29. The molecule has 5 heterocycles. The van der Waals surface area contributed by atoms with E-state index in [1.54, 1.807) is 6.26 Å². The van der Waals surface area contributed by atoms with Crippen LogP contribution in [0.2, 0.25) is 0 Å². The maximum absolute atomic E-state index is 12.9. The van der Waals surface area contributed by atoms with Crippen LogP contribution in [0, 0.1) is 0 Å². The number of amides is 1. The number of thiazole rings is 1. The van der Waals surface area contributed by atoms with Crippen molar-refractivity contribution in [3.8, 4) is 10.8 Å². The minimum absolute atomic E-state index is 0.140. The minimum Gasteiger partial charge on any atom is -0.462 e. The van der Waals surface area contributed by atoms with E-state index < -0.39 is 0 Å². The molecule has 0 aromatic carbocycles. The van der Waals surface area contributed by atoms with Gasteiger partial charge in [0.1, 0.15) is 11.6 Å². The number of nitrogens with zero attached hydrogens (tertiary/aromatic N) is 5. The van der Waals surface area contributed by atoms with Gasteiger partial charge in [-0.05, 0) is 37.8 Å². The van der Waals surface area contributed by atoms with Crippen molar-refractivity contribution in [2.75, 3.05) is 13.1 Å². The molecule has 1 atom stereocenters. The van der Waals surface area contributed by atoms with Gasteiger partial charge in [0.05, 0.1) is 18.4 Å². The molecule has 0 radical (unpaired) electrons. The molecule has 2 aliphatic heterocycles. The summed E-state index contributed by atoms with van der Waals surface area (Å²) in [6, 6.07) is 3.74. The fourth-order valence-corrected chi connectivity index (χ4v) is 5.18. The topological polar surface area (TPSA) is 77.1 Å². The van der Waals surface area contributed by atoms with Crippen LogP contribution in [0.5, 0.6) is 0 Å². The zero-order chi connectivity index (χ0) is 19.6. The average molecular weight is 412 g/mol. The molecule has 0 saturated carbocycles. The first-order chi connectivity index (χ1) is 14.3. The van der Waals surface area contributed by atoms with Crippen LogP contribution in [-0.2, 0) is 24.2 Å². The van der Waals surface area contributed by atoms with E-state index in [1.165, 1.54) is 30.6 Å². The zero-order valence-corrected chi connectivity index (χ0v) is 17.2. The zero-order valence-electron chi connectivity index (χ0n) is 16.4. The van der Waals surface area contributed by atoms with Crippen molar-refractivity contribution in [2.24, 2.45) is 0 Å². The van der Waals surface area contributed by atoms with Gasteiger partial charge in [-0.25, -0.2) is 4.98 Å². The van der Waals surface area contributed by atoms with Gasteiger partial charge in [-0.15, -0.1) is 21.5 Å². The Morgan fingerprint density at radius 1 is 1.21 bits per heavy atom. The molecule has 2 aliphatic rings. The number of carbonyl (C=O) groups is 1. The Morgan fingerprint density at radius 3 is 3.07 bits per heavy atom. The number of hydrogen-bond donors (Lipinski definition) is 0. The van der Waals surface area contributed by atoms with Crippen LogP contribution in [0.4, 0.5) is 0 Å². The summed E-state index contributed by atoms with van der Waals surface area (Å²) in [5.74, 6) is 3.36. The normalized spacial score (nSPS) is 19.7. The number of rotatable bonds is 4. The summed E-state index contributed by atoms with van der Waals surface area (Å²) in [5.41, 5.74) is 0.810. The molecule has 152 valence electrons. The molecule has 29 heavy (non-hydrogen) atoms. The van der Waals surface area contributed by atoms with E-state index in [0.29, 0.717) is 6.42 Å². The molecule has 1 saturated heterocycles. The molecule has 5 rings (SSSR count). The van der Waals surface area contributed by atoms with Crippen molar-refractivity contribution in [1.82, 2.24) is 24.6 Å². The monoisotopic (exact) mass is 411 g/mol. The maximum Gasteiger partial charge on any atom is 0.228 e. The minimum atomic E-state index is 0.140. The Balaban J connectivity index is 1.26. The lowest BCUT2D eigenvalue weighted by Gasteiger charge is -2.32. The Kier molecular flexibility index (Phi) is 5.18. The van der Waals surface area contributed by atoms with Crippen LogP contribution < -0.4 is 0 Å². The molecule has 1 unspecified atom stereocenters. The number of aromatic nitrogens is 4. The van der Waals surface area contributed by atoms with Crippen molar-refractivity contribution in [1.29, 1.82) is 0 Å². The molecule has 1 fully saturated rings. The van der Waals surface area contributed by atoms with Crippen molar-refractivity contribution >= 4 is 17.2 Å². The van der Waals surface area contributed by atoms with Crippen molar-refractivity contribution in [3.63, 3.8) is 0 Å². The van der Waals surface area contributed by atoms with Gasteiger partial charge in [-0.2, -0.15) is 0 Å². The lowest BCUT2D eigenvalue weighted by Crippen LogP contribution is -2.40. The van der Waals surface area contributed by atoms with E-state index >= 15 is 0 Å². The quantitative estimate of drug-likeness (QED) is 0.655. The van der Waals surface area contributed by atoms with Crippen LogP contribution in [0.1, 0.15) is 55.4 Å². The number of furan rings is 1. The number of aryl methyl sites for hydroxylation is 1. The largest absolute Gasteiger partial charge is 0.462 e. The van der Waals surface area contributed by atoms with Crippen LogP contribution in [0.3, 0.4) is 0 Å². The third kappa shape index (κ3) is 3.85. The second kappa shape index (κ2) is 8.10. The second-order valence-corrected chi connectivity index (χ2v) is 8.77. The summed E-state index contributed by atoms with van der Waals surface area (Å²) in [7, 11) is 0. The van der Waals surface area contributed by atoms with Gasteiger partial charge in [0.15, 0.2) is 10.8 Å². The van der Waals surface area contributed by atoms with E-state index in [1.807, 2.05) is 22.4 Å². The fourth-order valence-electron chi connectivity index (χ4n) is 4.39. The van der Waals surface area contributed by atoms with E-state index in [-0.39, 0.29) is 11.8 Å². The van der Waals surface area contributed by atoms with E-state index in [4.69, 9.17) is 4.42 Å². The van der Waals surface area contributed by atoms with Crippen LogP contribution in [-0.4, -0.2) is 43.6 Å². The Hall–Kier alpha value is -2.48. The molecule has 3 aromatic heterocycles. The average Bonchev–Trinajstić information content (AvgIpc) is 3.47. The molecule has 3 aromatic rings. The van der Waals surface area contributed by atoms with Crippen LogP contribution in [0.15, 0.2) is 28.2 Å². The van der Waals surface area contributed by atoms with Gasteiger partial charge in [-0.3, -0.25) is 4.79 Å². The summed E-state index contributed by atoms with van der Waals surface area (Å²) in [4.78, 5) is 19.5. The standard InChI is InChI=1S/C21H25N5O2S/c27-19(12-16-14-29-21(22-16)17-7-5-11-28-17)25-9-4-6-15(13-25)20-24-23-18-8-2-1-3-10-26(18)20/h5,7,11,14-15H,1-4,6,8-10,12-13H2. The highest BCUT2D eigenvalue weighted by Crippen LogP contribution is 2.29. The summed E-state index contributed by atoms with van der Waals surface area (Å²) >= 11 is 1.51. The molecule has 0 aliphatic carbocycles. The third-order valence-corrected chi connectivity index (χ3v) is 6.80. The number of hydrogen-bond acceptors (Lipinski definition) is 6. The summed E-state index contributed by atoms with van der Waals surface area (Å²) in [6.07, 6.45) is 8.71.